The summed E-state index contributed by atoms with van der Waals surface area (Å²) >= 11 is 7.86. The second kappa shape index (κ2) is 4.91. The number of halogens is 1. The summed E-state index contributed by atoms with van der Waals surface area (Å²) in [7, 11) is 0. The van der Waals surface area contributed by atoms with Crippen LogP contribution in [0.15, 0.2) is 6.07 Å². The van der Waals surface area contributed by atoms with Gasteiger partial charge >= 0.3 is 0 Å². The highest BCUT2D eigenvalue weighted by Crippen LogP contribution is 2.40. The van der Waals surface area contributed by atoms with Crippen molar-refractivity contribution in [2.75, 3.05) is 0 Å². The number of rotatable bonds is 3. The molecule has 2 aliphatic carbocycles. The monoisotopic (exact) mass is 269 g/mol. The average molecular weight is 270 g/mol. The summed E-state index contributed by atoms with van der Waals surface area (Å²) in [5.74, 6) is 0.896. The molecule has 1 aromatic heterocycles. The first-order chi connectivity index (χ1) is 8.24. The van der Waals surface area contributed by atoms with Crippen LogP contribution in [0.5, 0.6) is 0 Å². The Bertz CT molecular complexity index is 395. The zero-order valence-electron chi connectivity index (χ0n) is 10.3. The molecule has 1 saturated carbocycles. The van der Waals surface area contributed by atoms with Gasteiger partial charge in [0, 0.05) is 17.0 Å². The van der Waals surface area contributed by atoms with Crippen molar-refractivity contribution < 1.29 is 0 Å². The van der Waals surface area contributed by atoms with E-state index in [0.29, 0.717) is 12.1 Å². The van der Waals surface area contributed by atoms with E-state index in [2.05, 4.69) is 18.3 Å². The predicted molar refractivity (Wildman–Crippen MR) is 74.9 cm³/mol. The lowest BCUT2D eigenvalue weighted by Crippen LogP contribution is -2.34. The third kappa shape index (κ3) is 2.40. The van der Waals surface area contributed by atoms with Gasteiger partial charge in [-0.1, -0.05) is 24.4 Å². The molecular weight excluding hydrogens is 250 g/mol. The summed E-state index contributed by atoms with van der Waals surface area (Å²) in [5, 5.41) is 3.84. The van der Waals surface area contributed by atoms with Crippen molar-refractivity contribution in [3.63, 3.8) is 0 Å². The molecule has 0 amide bonds. The molecule has 0 bridgehead atoms. The summed E-state index contributed by atoms with van der Waals surface area (Å²) in [5.41, 5.74) is 1.48. The number of hydrogen-bond donors (Lipinski definition) is 1. The Balaban J connectivity index is 1.66. The lowest BCUT2D eigenvalue weighted by atomic mass is 9.98. The smallest absolute Gasteiger partial charge is 0.0934 e. The van der Waals surface area contributed by atoms with Gasteiger partial charge in [-0.2, -0.15) is 0 Å². The Morgan fingerprint density at radius 1 is 1.35 bits per heavy atom. The van der Waals surface area contributed by atoms with Gasteiger partial charge in [0.25, 0.3) is 0 Å². The summed E-state index contributed by atoms with van der Waals surface area (Å²) in [6.45, 7) is 2.36. The van der Waals surface area contributed by atoms with E-state index in [9.17, 15) is 0 Å². The lowest BCUT2D eigenvalue weighted by Gasteiger charge is -2.24. The molecule has 3 heteroatoms. The molecule has 0 spiro atoms. The number of hydrogen-bond acceptors (Lipinski definition) is 2. The van der Waals surface area contributed by atoms with Gasteiger partial charge in [-0.25, -0.2) is 0 Å². The molecule has 1 heterocycles. The fourth-order valence-electron chi connectivity index (χ4n) is 3.41. The first-order valence-corrected chi connectivity index (χ1v) is 7.97. The standard InChI is InChI=1S/C14H20ClNS/c1-9(10-4-2-3-5-10)16-12-6-7-13-11(12)8-14(15)17-13/h8-10,12,16H,2-7H2,1H3/t9-,12?/m1/s1. The SMILES string of the molecule is C[C@@H](NC1CCc2sc(Cl)cc21)C1CCCC1. The zero-order valence-corrected chi connectivity index (χ0v) is 11.9. The van der Waals surface area contributed by atoms with E-state index in [1.807, 2.05) is 0 Å². The summed E-state index contributed by atoms with van der Waals surface area (Å²) < 4.78 is 0.954. The maximum absolute atomic E-state index is 6.10. The van der Waals surface area contributed by atoms with Crippen LogP contribution in [0.25, 0.3) is 0 Å². The predicted octanol–water partition coefficient (Wildman–Crippen LogP) is 4.56. The fourth-order valence-corrected chi connectivity index (χ4v) is 4.77. The number of thiophene rings is 1. The molecule has 1 unspecified atom stereocenters. The van der Waals surface area contributed by atoms with Crippen molar-refractivity contribution in [3.05, 3.63) is 20.8 Å². The molecule has 0 aromatic carbocycles. The average Bonchev–Trinajstić information content (AvgIpc) is 2.96. The molecule has 2 aliphatic rings. The third-order valence-electron chi connectivity index (χ3n) is 4.42. The van der Waals surface area contributed by atoms with E-state index >= 15 is 0 Å². The second-order valence-corrected chi connectivity index (χ2v) is 7.29. The van der Waals surface area contributed by atoms with Gasteiger partial charge < -0.3 is 5.32 Å². The first kappa shape index (κ1) is 12.0. The van der Waals surface area contributed by atoms with Crippen LogP contribution in [0, 0.1) is 5.92 Å². The topological polar surface area (TPSA) is 12.0 Å². The van der Waals surface area contributed by atoms with E-state index in [4.69, 9.17) is 11.6 Å². The van der Waals surface area contributed by atoms with Gasteiger partial charge in [-0.3, -0.25) is 0 Å². The zero-order chi connectivity index (χ0) is 11.8. The molecule has 1 nitrogen and oxygen atoms in total. The molecule has 0 radical (unpaired) electrons. The van der Waals surface area contributed by atoms with E-state index in [-0.39, 0.29) is 0 Å². The molecule has 17 heavy (non-hydrogen) atoms. The Morgan fingerprint density at radius 2 is 2.12 bits per heavy atom. The maximum Gasteiger partial charge on any atom is 0.0934 e. The molecule has 3 rings (SSSR count). The molecule has 2 atom stereocenters. The Hall–Kier alpha value is -0.0500. The Kier molecular flexibility index (Phi) is 3.47. The lowest BCUT2D eigenvalue weighted by molar-refractivity contribution is 0.342. The molecule has 94 valence electrons. The molecule has 0 aliphatic heterocycles. The molecule has 1 aromatic rings. The van der Waals surface area contributed by atoms with Crippen LogP contribution in [0.2, 0.25) is 4.34 Å². The number of aryl methyl sites for hydroxylation is 1. The highest BCUT2D eigenvalue weighted by molar-refractivity contribution is 7.16. The molecule has 1 N–H and O–H groups in total. The van der Waals surface area contributed by atoms with Crippen molar-refractivity contribution >= 4 is 22.9 Å². The van der Waals surface area contributed by atoms with Crippen LogP contribution in [0.1, 0.15) is 55.5 Å². The molecule has 0 saturated heterocycles. The van der Waals surface area contributed by atoms with Gasteiger partial charge in [-0.15, -0.1) is 11.3 Å². The van der Waals surface area contributed by atoms with Gasteiger partial charge in [0.1, 0.15) is 0 Å². The number of nitrogens with one attached hydrogen (secondary N) is 1. The van der Waals surface area contributed by atoms with Crippen molar-refractivity contribution in [2.24, 2.45) is 5.92 Å². The van der Waals surface area contributed by atoms with Crippen molar-refractivity contribution in [3.8, 4) is 0 Å². The van der Waals surface area contributed by atoms with Crippen molar-refractivity contribution in [1.29, 1.82) is 0 Å². The van der Waals surface area contributed by atoms with Crippen molar-refractivity contribution in [2.45, 2.75) is 57.5 Å². The summed E-state index contributed by atoms with van der Waals surface area (Å²) in [6.07, 6.45) is 8.15. The van der Waals surface area contributed by atoms with Crippen LogP contribution in [0.3, 0.4) is 0 Å². The summed E-state index contributed by atoms with van der Waals surface area (Å²) in [4.78, 5) is 1.51. The van der Waals surface area contributed by atoms with Crippen LogP contribution in [0.4, 0.5) is 0 Å². The molecular formula is C14H20ClNS. The van der Waals surface area contributed by atoms with Crippen LogP contribution < -0.4 is 5.32 Å². The highest BCUT2D eigenvalue weighted by atomic mass is 35.5. The maximum atomic E-state index is 6.10. The minimum atomic E-state index is 0.560. The van der Waals surface area contributed by atoms with Gasteiger partial charge in [0.05, 0.1) is 4.34 Å². The normalized spacial score (nSPS) is 26.4. The second-order valence-electron chi connectivity index (χ2n) is 5.52. The van der Waals surface area contributed by atoms with E-state index in [1.54, 1.807) is 11.3 Å². The fraction of sp³-hybridized carbons (Fsp3) is 0.714. The minimum Gasteiger partial charge on any atom is -0.307 e. The van der Waals surface area contributed by atoms with E-state index < -0.39 is 0 Å². The van der Waals surface area contributed by atoms with Crippen molar-refractivity contribution in [1.82, 2.24) is 5.32 Å². The molecule has 1 fully saturated rings. The van der Waals surface area contributed by atoms with Crippen LogP contribution >= 0.6 is 22.9 Å². The van der Waals surface area contributed by atoms with Crippen LogP contribution in [-0.4, -0.2) is 6.04 Å². The van der Waals surface area contributed by atoms with Gasteiger partial charge in [-0.05, 0) is 50.2 Å². The largest absolute Gasteiger partial charge is 0.307 e. The van der Waals surface area contributed by atoms with E-state index in [1.165, 1.54) is 49.0 Å². The Morgan fingerprint density at radius 3 is 2.88 bits per heavy atom. The van der Waals surface area contributed by atoms with Crippen LogP contribution in [-0.2, 0) is 6.42 Å². The van der Waals surface area contributed by atoms with Gasteiger partial charge in [0.2, 0.25) is 0 Å². The highest BCUT2D eigenvalue weighted by Gasteiger charge is 2.29. The summed E-state index contributed by atoms with van der Waals surface area (Å²) in [6, 6.07) is 3.39. The number of fused-ring (bicyclic) bond motifs is 1. The van der Waals surface area contributed by atoms with Gasteiger partial charge in [0.15, 0.2) is 0 Å². The quantitative estimate of drug-likeness (QED) is 0.848. The minimum absolute atomic E-state index is 0.560. The third-order valence-corrected chi connectivity index (χ3v) is 5.76. The van der Waals surface area contributed by atoms with E-state index in [0.717, 1.165) is 10.3 Å². The first-order valence-electron chi connectivity index (χ1n) is 6.78. The Labute approximate surface area is 113 Å².